The normalized spacial score (nSPS) is 16.1. The Hall–Kier alpha value is -1.38. The summed E-state index contributed by atoms with van der Waals surface area (Å²) < 4.78 is 0. The van der Waals surface area contributed by atoms with Crippen LogP contribution in [-0.2, 0) is 0 Å². The molecule has 3 heteroatoms. The Morgan fingerprint density at radius 2 is 2.12 bits per heavy atom. The molecule has 0 aliphatic heterocycles. The summed E-state index contributed by atoms with van der Waals surface area (Å²) in [6.07, 6.45) is 6.86. The van der Waals surface area contributed by atoms with E-state index in [4.69, 9.17) is 0 Å². The predicted octanol–water partition coefficient (Wildman–Crippen LogP) is 3.16. The van der Waals surface area contributed by atoms with Crippen LogP contribution in [0.3, 0.4) is 0 Å². The summed E-state index contributed by atoms with van der Waals surface area (Å²) in [5, 5.41) is 0. The van der Waals surface area contributed by atoms with E-state index in [1.165, 1.54) is 18.4 Å². The van der Waals surface area contributed by atoms with Crippen molar-refractivity contribution in [2.45, 2.75) is 52.4 Å². The van der Waals surface area contributed by atoms with Gasteiger partial charge in [-0.2, -0.15) is 0 Å². The minimum atomic E-state index is 0.00479. The van der Waals surface area contributed by atoms with Gasteiger partial charge in [0.15, 0.2) is 0 Å². The number of hydrogen-bond acceptors (Lipinski definition) is 2. The SMILES string of the molecule is Cc1c(C2=CCCCC2)nc(C(C)C)[nH]c1=O. The van der Waals surface area contributed by atoms with Crippen LogP contribution in [0.25, 0.3) is 5.57 Å². The van der Waals surface area contributed by atoms with Crippen molar-refractivity contribution >= 4 is 5.57 Å². The van der Waals surface area contributed by atoms with Gasteiger partial charge in [0.2, 0.25) is 0 Å². The molecule has 0 saturated carbocycles. The largest absolute Gasteiger partial charge is 0.310 e. The van der Waals surface area contributed by atoms with Crippen LogP contribution >= 0.6 is 0 Å². The maximum absolute atomic E-state index is 11.9. The Labute approximate surface area is 102 Å². The van der Waals surface area contributed by atoms with Gasteiger partial charge in [0.25, 0.3) is 5.56 Å². The molecule has 17 heavy (non-hydrogen) atoms. The molecule has 1 N–H and O–H groups in total. The summed E-state index contributed by atoms with van der Waals surface area (Å²) in [6.45, 7) is 5.96. The molecule has 92 valence electrons. The van der Waals surface area contributed by atoms with Gasteiger partial charge in [-0.1, -0.05) is 19.9 Å². The van der Waals surface area contributed by atoms with Crippen molar-refractivity contribution in [2.24, 2.45) is 0 Å². The van der Waals surface area contributed by atoms with Crippen LogP contribution in [0, 0.1) is 6.92 Å². The number of H-pyrrole nitrogens is 1. The van der Waals surface area contributed by atoms with Crippen LogP contribution < -0.4 is 5.56 Å². The lowest BCUT2D eigenvalue weighted by Crippen LogP contribution is -2.18. The third-order valence-corrected chi connectivity index (χ3v) is 3.31. The number of aromatic nitrogens is 2. The Kier molecular flexibility index (Phi) is 3.46. The summed E-state index contributed by atoms with van der Waals surface area (Å²) in [5.74, 6) is 1.05. The number of aromatic amines is 1. The van der Waals surface area contributed by atoms with E-state index in [2.05, 4.69) is 16.0 Å². The summed E-state index contributed by atoms with van der Waals surface area (Å²) in [5.41, 5.74) is 2.92. The summed E-state index contributed by atoms with van der Waals surface area (Å²) in [7, 11) is 0. The van der Waals surface area contributed by atoms with Crippen molar-refractivity contribution in [1.82, 2.24) is 9.97 Å². The summed E-state index contributed by atoms with van der Waals surface area (Å²) >= 11 is 0. The molecule has 0 bridgehead atoms. The molecular formula is C14H20N2O. The molecule has 0 radical (unpaired) electrons. The fourth-order valence-corrected chi connectivity index (χ4v) is 2.19. The molecular weight excluding hydrogens is 212 g/mol. The van der Waals surface area contributed by atoms with Crippen molar-refractivity contribution in [2.75, 3.05) is 0 Å². The van der Waals surface area contributed by atoms with E-state index >= 15 is 0 Å². The van der Waals surface area contributed by atoms with Crippen molar-refractivity contribution in [3.05, 3.63) is 33.5 Å². The molecule has 1 aromatic rings. The Bertz CT molecular complexity index is 497. The van der Waals surface area contributed by atoms with Crippen LogP contribution in [0.4, 0.5) is 0 Å². The maximum Gasteiger partial charge on any atom is 0.254 e. The second kappa shape index (κ2) is 4.86. The van der Waals surface area contributed by atoms with Crippen LogP contribution in [0.15, 0.2) is 10.9 Å². The topological polar surface area (TPSA) is 45.8 Å². The number of nitrogens with one attached hydrogen (secondary N) is 1. The van der Waals surface area contributed by atoms with E-state index < -0.39 is 0 Å². The highest BCUT2D eigenvalue weighted by Gasteiger charge is 2.14. The van der Waals surface area contributed by atoms with E-state index in [0.29, 0.717) is 0 Å². The van der Waals surface area contributed by atoms with E-state index in [1.807, 2.05) is 20.8 Å². The lowest BCUT2D eigenvalue weighted by atomic mass is 9.95. The summed E-state index contributed by atoms with van der Waals surface area (Å²) in [6, 6.07) is 0. The molecule has 0 atom stereocenters. The lowest BCUT2D eigenvalue weighted by Gasteiger charge is -2.15. The highest BCUT2D eigenvalue weighted by molar-refractivity contribution is 5.65. The highest BCUT2D eigenvalue weighted by Crippen LogP contribution is 2.26. The first kappa shape index (κ1) is 12.1. The summed E-state index contributed by atoms with van der Waals surface area (Å²) in [4.78, 5) is 19.4. The minimum Gasteiger partial charge on any atom is -0.310 e. The molecule has 0 fully saturated rings. The lowest BCUT2D eigenvalue weighted by molar-refractivity contribution is 0.727. The average molecular weight is 232 g/mol. The zero-order valence-electron chi connectivity index (χ0n) is 10.8. The van der Waals surface area contributed by atoms with E-state index in [0.717, 1.165) is 29.9 Å². The Morgan fingerprint density at radius 3 is 2.71 bits per heavy atom. The van der Waals surface area contributed by atoms with Gasteiger partial charge in [-0.05, 0) is 38.2 Å². The molecule has 1 aromatic heterocycles. The first-order valence-corrected chi connectivity index (χ1v) is 6.40. The maximum atomic E-state index is 11.9. The molecule has 1 heterocycles. The molecule has 3 nitrogen and oxygen atoms in total. The second-order valence-electron chi connectivity index (χ2n) is 5.05. The highest BCUT2D eigenvalue weighted by atomic mass is 16.1. The van der Waals surface area contributed by atoms with Crippen molar-refractivity contribution in [3.63, 3.8) is 0 Å². The molecule has 0 unspecified atom stereocenters. The first-order valence-electron chi connectivity index (χ1n) is 6.40. The molecule has 0 aromatic carbocycles. The Morgan fingerprint density at radius 1 is 1.35 bits per heavy atom. The zero-order valence-corrected chi connectivity index (χ0v) is 10.8. The molecule has 0 saturated heterocycles. The minimum absolute atomic E-state index is 0.00479. The molecule has 1 aliphatic carbocycles. The van der Waals surface area contributed by atoms with Gasteiger partial charge < -0.3 is 4.98 Å². The monoisotopic (exact) mass is 232 g/mol. The third-order valence-electron chi connectivity index (χ3n) is 3.31. The van der Waals surface area contributed by atoms with Crippen molar-refractivity contribution in [1.29, 1.82) is 0 Å². The second-order valence-corrected chi connectivity index (χ2v) is 5.05. The van der Waals surface area contributed by atoms with E-state index in [-0.39, 0.29) is 11.5 Å². The molecule has 0 spiro atoms. The van der Waals surface area contributed by atoms with Gasteiger partial charge in [0.1, 0.15) is 5.82 Å². The number of rotatable bonds is 2. The third kappa shape index (κ3) is 2.48. The number of allylic oxidation sites excluding steroid dienone is 2. The van der Waals surface area contributed by atoms with Gasteiger partial charge in [-0.15, -0.1) is 0 Å². The van der Waals surface area contributed by atoms with Gasteiger partial charge in [0, 0.05) is 11.5 Å². The van der Waals surface area contributed by atoms with E-state index in [9.17, 15) is 4.79 Å². The van der Waals surface area contributed by atoms with Crippen molar-refractivity contribution < 1.29 is 0 Å². The van der Waals surface area contributed by atoms with Crippen LogP contribution in [0.1, 0.15) is 62.5 Å². The molecule has 0 amide bonds. The smallest absolute Gasteiger partial charge is 0.254 e. The standard InChI is InChI=1S/C14H20N2O/c1-9(2)13-15-12(10(3)14(17)16-13)11-7-5-4-6-8-11/h7,9H,4-6,8H2,1-3H3,(H,15,16,17). The van der Waals surface area contributed by atoms with Gasteiger partial charge in [0.05, 0.1) is 5.69 Å². The van der Waals surface area contributed by atoms with Gasteiger partial charge in [-0.25, -0.2) is 4.98 Å². The van der Waals surface area contributed by atoms with Crippen LogP contribution in [0.5, 0.6) is 0 Å². The number of nitrogens with zero attached hydrogens (tertiary/aromatic N) is 1. The van der Waals surface area contributed by atoms with Crippen LogP contribution in [0.2, 0.25) is 0 Å². The fourth-order valence-electron chi connectivity index (χ4n) is 2.19. The first-order chi connectivity index (χ1) is 8.09. The van der Waals surface area contributed by atoms with Gasteiger partial charge >= 0.3 is 0 Å². The predicted molar refractivity (Wildman–Crippen MR) is 70.1 cm³/mol. The van der Waals surface area contributed by atoms with Gasteiger partial charge in [-0.3, -0.25) is 4.79 Å². The quantitative estimate of drug-likeness (QED) is 0.851. The van der Waals surface area contributed by atoms with E-state index in [1.54, 1.807) is 0 Å². The van der Waals surface area contributed by atoms with Crippen LogP contribution in [-0.4, -0.2) is 9.97 Å². The molecule has 1 aliphatic rings. The average Bonchev–Trinajstić information content (AvgIpc) is 2.33. The fraction of sp³-hybridized carbons (Fsp3) is 0.571. The number of hydrogen-bond donors (Lipinski definition) is 1. The van der Waals surface area contributed by atoms with Crippen molar-refractivity contribution in [3.8, 4) is 0 Å². The zero-order chi connectivity index (χ0) is 12.4. The Balaban J connectivity index is 2.52. The molecule has 2 rings (SSSR count).